The summed E-state index contributed by atoms with van der Waals surface area (Å²) in [5.74, 6) is -13.4. The number of nitrogens with two attached hydrogens (primary N) is 1. The molecule has 7 N–H and O–H groups in total. The normalized spacial score (nSPS) is 35.9. The highest BCUT2D eigenvalue weighted by atomic mass is 16.5. The smallest absolute Gasteiger partial charge is 0.255 e. The van der Waals surface area contributed by atoms with Crippen molar-refractivity contribution in [2.75, 3.05) is 14.1 Å². The van der Waals surface area contributed by atoms with Gasteiger partial charge in [0.2, 0.25) is 0 Å². The number of aromatic hydroxyl groups is 1. The maximum atomic E-state index is 13.4. The van der Waals surface area contributed by atoms with E-state index in [9.17, 15) is 39.9 Å². The molecule has 0 heterocycles. The molecule has 7 atom stereocenters. The minimum absolute atomic E-state index is 0.0889. The van der Waals surface area contributed by atoms with E-state index in [4.69, 9.17) is 5.73 Å². The first-order valence-electron chi connectivity index (χ1n) is 10.3. The molecule has 0 radical (unpaired) electrons. The third-order valence-electron chi connectivity index (χ3n) is 7.38. The number of aliphatic hydroxyl groups excluding tert-OH is 2. The molecule has 10 nitrogen and oxygen atoms in total. The maximum Gasteiger partial charge on any atom is 0.255 e. The zero-order valence-corrected chi connectivity index (χ0v) is 17.8. The number of primary amides is 1. The molecule has 4 rings (SSSR count). The van der Waals surface area contributed by atoms with Crippen LogP contribution in [0.3, 0.4) is 0 Å². The van der Waals surface area contributed by atoms with Gasteiger partial charge in [-0.2, -0.15) is 0 Å². The van der Waals surface area contributed by atoms with Gasteiger partial charge in [-0.25, -0.2) is 0 Å². The number of carbonyl (C=O) groups excluding carboxylic acids is 3. The number of phenolic OH excluding ortho intramolecular Hbond substituents is 1. The summed E-state index contributed by atoms with van der Waals surface area (Å²) in [6.45, 7) is 1.68. The molecule has 3 aliphatic rings. The largest absolute Gasteiger partial charge is 0.511 e. The number of hydrogen-bond donors (Lipinski definition) is 6. The van der Waals surface area contributed by atoms with Crippen LogP contribution in [0.25, 0.3) is 0 Å². The average Bonchev–Trinajstić information content (AvgIpc) is 2.67. The molecule has 172 valence electrons. The van der Waals surface area contributed by atoms with E-state index in [0.29, 0.717) is 5.56 Å². The summed E-state index contributed by atoms with van der Waals surface area (Å²) >= 11 is 0. The summed E-state index contributed by atoms with van der Waals surface area (Å²) in [6, 6.07) is 3.25. The number of nitrogens with zero attached hydrogens (tertiary/aromatic N) is 1. The number of rotatable bonds is 2. The summed E-state index contributed by atoms with van der Waals surface area (Å²) in [5.41, 5.74) is 4.86. The van der Waals surface area contributed by atoms with E-state index in [2.05, 4.69) is 0 Å². The Morgan fingerprint density at radius 2 is 1.69 bits per heavy atom. The van der Waals surface area contributed by atoms with Crippen molar-refractivity contribution in [1.29, 1.82) is 0 Å². The van der Waals surface area contributed by atoms with Crippen molar-refractivity contribution in [2.24, 2.45) is 29.4 Å². The van der Waals surface area contributed by atoms with E-state index >= 15 is 0 Å². The number of fused-ring (bicyclic) bond motifs is 3. The van der Waals surface area contributed by atoms with Crippen LogP contribution in [0.15, 0.2) is 29.5 Å². The average molecular weight is 446 g/mol. The number of Topliss-reactive ketones (excluding diaryl/α,β-unsaturated/α-hetero) is 2. The van der Waals surface area contributed by atoms with Crippen molar-refractivity contribution < 1.29 is 39.9 Å². The number of carbonyl (C=O) groups is 3. The second kappa shape index (κ2) is 7.11. The summed E-state index contributed by atoms with van der Waals surface area (Å²) in [4.78, 5) is 39.8. The first kappa shape index (κ1) is 22.4. The predicted octanol–water partition coefficient (Wildman–Crippen LogP) is -0.977. The van der Waals surface area contributed by atoms with Crippen molar-refractivity contribution in [3.8, 4) is 5.75 Å². The molecule has 32 heavy (non-hydrogen) atoms. The van der Waals surface area contributed by atoms with E-state index in [0.717, 1.165) is 0 Å². The van der Waals surface area contributed by atoms with Gasteiger partial charge in [0.15, 0.2) is 17.4 Å². The number of amides is 1. The fourth-order valence-corrected chi connectivity index (χ4v) is 6.11. The lowest BCUT2D eigenvalue weighted by molar-refractivity contribution is -0.287. The molecule has 1 amide bonds. The lowest BCUT2D eigenvalue weighted by Gasteiger charge is -2.58. The van der Waals surface area contributed by atoms with Gasteiger partial charge in [0.1, 0.15) is 17.1 Å². The first-order valence-corrected chi connectivity index (χ1v) is 10.3. The third kappa shape index (κ3) is 2.70. The van der Waals surface area contributed by atoms with Crippen LogP contribution in [0.4, 0.5) is 0 Å². The van der Waals surface area contributed by atoms with Crippen LogP contribution in [0.1, 0.15) is 28.8 Å². The van der Waals surface area contributed by atoms with Crippen molar-refractivity contribution in [1.82, 2.24) is 4.90 Å². The molecule has 0 spiro atoms. The van der Waals surface area contributed by atoms with Gasteiger partial charge in [0, 0.05) is 11.8 Å². The van der Waals surface area contributed by atoms with E-state index in [1.165, 1.54) is 25.1 Å². The zero-order chi connectivity index (χ0) is 23.9. The van der Waals surface area contributed by atoms with E-state index in [1.807, 2.05) is 0 Å². The minimum Gasteiger partial charge on any atom is -0.511 e. The highest BCUT2D eigenvalue weighted by Crippen LogP contribution is 2.58. The van der Waals surface area contributed by atoms with Crippen molar-refractivity contribution >= 4 is 17.5 Å². The molecule has 10 heteroatoms. The first-order chi connectivity index (χ1) is 14.8. The summed E-state index contributed by atoms with van der Waals surface area (Å²) < 4.78 is 0. The summed E-state index contributed by atoms with van der Waals surface area (Å²) in [5, 5.41) is 55.1. The molecule has 0 saturated heterocycles. The second-order valence-corrected chi connectivity index (χ2v) is 9.18. The van der Waals surface area contributed by atoms with Crippen LogP contribution in [0.5, 0.6) is 5.75 Å². The highest BCUT2D eigenvalue weighted by molar-refractivity contribution is 6.21. The van der Waals surface area contributed by atoms with E-state index in [1.54, 1.807) is 19.1 Å². The minimum atomic E-state index is -2.94. The van der Waals surface area contributed by atoms with Crippen molar-refractivity contribution in [2.45, 2.75) is 30.8 Å². The van der Waals surface area contributed by atoms with Gasteiger partial charge in [-0.15, -0.1) is 0 Å². The van der Waals surface area contributed by atoms with Gasteiger partial charge in [0.05, 0.1) is 29.5 Å². The summed E-state index contributed by atoms with van der Waals surface area (Å²) in [7, 11) is 3.03. The molecule has 1 aromatic carbocycles. The Bertz CT molecular complexity index is 1060. The number of ketones is 2. The Balaban J connectivity index is 1.99. The Morgan fingerprint density at radius 3 is 2.25 bits per heavy atom. The van der Waals surface area contributed by atoms with Gasteiger partial charge >= 0.3 is 0 Å². The SMILES string of the molecule is C[C@H]1c2cccc(O)c2C(=O)C2[C@@H]1[C@H](O)[C@H]1[C@@H](N(C)C)C(=O)C(C(N)=O)=C(O)[C@@H]1C2(O)O. The maximum absolute atomic E-state index is 13.4. The van der Waals surface area contributed by atoms with Crippen LogP contribution >= 0.6 is 0 Å². The van der Waals surface area contributed by atoms with Crippen molar-refractivity contribution in [3.63, 3.8) is 0 Å². The van der Waals surface area contributed by atoms with Gasteiger partial charge in [-0.05, 0) is 31.6 Å². The Hall–Kier alpha value is -2.79. The topological polar surface area (TPSA) is 182 Å². The van der Waals surface area contributed by atoms with Crippen LogP contribution in [0.2, 0.25) is 0 Å². The zero-order valence-electron chi connectivity index (χ0n) is 17.8. The van der Waals surface area contributed by atoms with Gasteiger partial charge in [-0.1, -0.05) is 19.1 Å². The Kier molecular flexibility index (Phi) is 4.98. The third-order valence-corrected chi connectivity index (χ3v) is 7.38. The molecule has 0 bridgehead atoms. The molecule has 1 fully saturated rings. The quantitative estimate of drug-likeness (QED) is 0.246. The molecule has 3 aliphatic carbocycles. The van der Waals surface area contributed by atoms with Crippen LogP contribution < -0.4 is 5.73 Å². The predicted molar refractivity (Wildman–Crippen MR) is 109 cm³/mol. The number of aliphatic hydroxyl groups is 4. The number of hydrogen-bond acceptors (Lipinski definition) is 9. The monoisotopic (exact) mass is 446 g/mol. The Morgan fingerprint density at radius 1 is 1.06 bits per heavy atom. The molecule has 0 aromatic heterocycles. The molecule has 1 aromatic rings. The van der Waals surface area contributed by atoms with Gasteiger partial charge in [-0.3, -0.25) is 19.3 Å². The fourth-order valence-electron chi connectivity index (χ4n) is 6.11. The van der Waals surface area contributed by atoms with Crippen LogP contribution in [-0.2, 0) is 9.59 Å². The molecular weight excluding hydrogens is 420 g/mol. The summed E-state index contributed by atoms with van der Waals surface area (Å²) in [6.07, 6.45) is -1.43. The molecule has 0 aliphatic heterocycles. The standard InChI is InChI=1S/C22H26N2O8/c1-7-8-5-4-6-9(25)11(8)18(27)14-10(7)17(26)12-15(22(14,31)32)19(28)13(21(23)30)20(29)16(12)24(2)3/h4-7,10,12,14-17,25-26,28,31-32H,1-3H3,(H2,23,30)/t7-,10+,12+,14?,15+,16+,17-/m0/s1. The second-order valence-electron chi connectivity index (χ2n) is 9.18. The molecular formula is C22H26N2O8. The van der Waals surface area contributed by atoms with Crippen molar-refractivity contribution in [3.05, 3.63) is 40.7 Å². The van der Waals surface area contributed by atoms with E-state index < -0.39 is 76.3 Å². The number of phenols is 1. The lowest BCUT2D eigenvalue weighted by Crippen LogP contribution is -2.70. The Labute approximate surface area is 183 Å². The van der Waals surface area contributed by atoms with Crippen LogP contribution in [0, 0.1) is 23.7 Å². The molecule has 1 saturated carbocycles. The lowest BCUT2D eigenvalue weighted by atomic mass is 9.51. The van der Waals surface area contributed by atoms with E-state index in [-0.39, 0.29) is 11.3 Å². The molecule has 1 unspecified atom stereocenters. The number of benzene rings is 1. The fraction of sp³-hybridized carbons (Fsp3) is 0.500. The highest BCUT2D eigenvalue weighted by Gasteiger charge is 2.68. The van der Waals surface area contributed by atoms with Gasteiger partial charge in [0.25, 0.3) is 5.91 Å². The van der Waals surface area contributed by atoms with Gasteiger partial charge < -0.3 is 31.3 Å². The number of likely N-dealkylation sites (N-methyl/N-ethyl adjacent to an activating group) is 1. The van der Waals surface area contributed by atoms with Crippen LogP contribution in [-0.4, -0.2) is 79.9 Å².